The predicted octanol–water partition coefficient (Wildman–Crippen LogP) is 12.3. The Balaban J connectivity index is 0.000000613. The quantitative estimate of drug-likeness (QED) is 0.193. The van der Waals surface area contributed by atoms with E-state index in [9.17, 15) is 0 Å². The molecular weight excluding hydrogens is 588 g/mol. The minimum atomic E-state index is -1.11. The molecule has 3 fully saturated rings. The van der Waals surface area contributed by atoms with E-state index in [0.29, 0.717) is 0 Å². The van der Waals surface area contributed by atoms with Crippen LogP contribution in [-0.4, -0.2) is 49.9 Å². The molecule has 3 saturated carbocycles. The molecule has 0 radical (unpaired) electrons. The standard InChI is InChI=1S/C18H33P.2C6H18NSi2.Fe/c1-4-10-16(11-5-1)19(17-12-6-2-7-13-17)18-14-8-3-9-15-18;2*1-8(2,3)7-9(4,5)6;/h16-18H,1-15H2;2*1-6H3;/q;2*-1;+2/p+1. The molecule has 2 nitrogen and oxygen atoms in total. The Morgan fingerprint density at radius 1 is 0.368 bits per heavy atom. The van der Waals surface area contributed by atoms with E-state index in [-0.39, 0.29) is 25.0 Å². The van der Waals surface area contributed by atoms with E-state index in [2.05, 4.69) is 78.6 Å². The van der Waals surface area contributed by atoms with E-state index < -0.39 is 32.9 Å². The van der Waals surface area contributed by atoms with Gasteiger partial charge in [-0.3, -0.25) is 0 Å². The van der Waals surface area contributed by atoms with Crippen molar-refractivity contribution in [2.24, 2.45) is 0 Å². The zero-order valence-electron chi connectivity index (χ0n) is 28.1. The smallest absolute Gasteiger partial charge is 0.668 e. The number of rotatable bonds is 7. The van der Waals surface area contributed by atoms with Crippen LogP contribution in [0.5, 0.6) is 0 Å². The molecule has 228 valence electrons. The summed E-state index contributed by atoms with van der Waals surface area (Å²) in [6.07, 6.45) is 23.8. The maximum Gasteiger partial charge on any atom is 2.00 e. The van der Waals surface area contributed by atoms with E-state index in [1.807, 2.05) is 0 Å². The third kappa shape index (κ3) is 20.6. The van der Waals surface area contributed by atoms with E-state index in [1.54, 1.807) is 96.3 Å². The first-order valence-electron chi connectivity index (χ1n) is 16.2. The number of nitrogens with zero attached hydrogens (tertiary/aromatic N) is 2. The molecule has 38 heavy (non-hydrogen) atoms. The van der Waals surface area contributed by atoms with Crippen molar-refractivity contribution in [3.05, 3.63) is 9.30 Å². The summed E-state index contributed by atoms with van der Waals surface area (Å²) >= 11 is 0. The van der Waals surface area contributed by atoms with Crippen LogP contribution in [-0.2, 0) is 17.1 Å². The van der Waals surface area contributed by atoms with Crippen molar-refractivity contribution in [2.45, 2.75) is 192 Å². The first-order chi connectivity index (χ1) is 16.9. The average Bonchev–Trinajstić information content (AvgIpc) is 2.72. The fourth-order valence-corrected chi connectivity index (χ4v) is 28.6. The second-order valence-electron chi connectivity index (χ2n) is 16.4. The van der Waals surface area contributed by atoms with Gasteiger partial charge >= 0.3 is 17.1 Å². The molecule has 0 aromatic heterocycles. The SMILES string of the molecule is C1CCC([PH+](C2CCCCC2)C2CCCCC2)CC1.C[Si](C)(C)[N-][Si](C)(C)C.C[Si](C)(C)[N-][Si](C)(C)C.[Fe+2]. The molecule has 0 amide bonds. The summed E-state index contributed by atoms with van der Waals surface area (Å²) in [5.74, 6) is 0. The second kappa shape index (κ2) is 18.4. The fourth-order valence-electron chi connectivity index (χ4n) is 7.32. The van der Waals surface area contributed by atoms with Crippen molar-refractivity contribution in [1.29, 1.82) is 0 Å². The Bertz CT molecular complexity index is 501. The van der Waals surface area contributed by atoms with Crippen LogP contribution in [0.2, 0.25) is 78.6 Å². The second-order valence-corrected chi connectivity index (χ2v) is 39.0. The predicted molar refractivity (Wildman–Crippen MR) is 189 cm³/mol. The van der Waals surface area contributed by atoms with Crippen LogP contribution in [0.4, 0.5) is 0 Å². The van der Waals surface area contributed by atoms with Crippen molar-refractivity contribution in [3.8, 4) is 0 Å². The van der Waals surface area contributed by atoms with E-state index in [0.717, 1.165) is 0 Å². The maximum absolute atomic E-state index is 4.82. The van der Waals surface area contributed by atoms with Crippen LogP contribution in [0.1, 0.15) is 96.3 Å². The van der Waals surface area contributed by atoms with Crippen molar-refractivity contribution in [1.82, 2.24) is 0 Å². The van der Waals surface area contributed by atoms with Gasteiger partial charge in [0, 0.05) is 7.92 Å². The topological polar surface area (TPSA) is 28.2 Å². The molecule has 0 bridgehead atoms. The molecule has 0 saturated heterocycles. The van der Waals surface area contributed by atoms with Gasteiger partial charge in [0.2, 0.25) is 0 Å². The Morgan fingerprint density at radius 2 is 0.553 bits per heavy atom. The van der Waals surface area contributed by atoms with Gasteiger partial charge in [-0.25, -0.2) is 0 Å². The van der Waals surface area contributed by atoms with Gasteiger partial charge in [0.25, 0.3) is 0 Å². The third-order valence-electron chi connectivity index (χ3n) is 7.57. The normalized spacial score (nSPS) is 21.1. The summed E-state index contributed by atoms with van der Waals surface area (Å²) in [5, 5.41) is 0. The van der Waals surface area contributed by atoms with E-state index in [1.165, 1.54) is 17.0 Å². The molecule has 3 aliphatic rings. The van der Waals surface area contributed by atoms with Crippen LogP contribution in [0.15, 0.2) is 0 Å². The molecule has 0 aromatic rings. The van der Waals surface area contributed by atoms with E-state index >= 15 is 0 Å². The summed E-state index contributed by atoms with van der Waals surface area (Å²) in [5.41, 5.74) is 3.68. The third-order valence-corrected chi connectivity index (χ3v) is 22.9. The van der Waals surface area contributed by atoms with Gasteiger partial charge < -0.3 is 9.30 Å². The molecule has 8 heteroatoms. The zero-order valence-corrected chi connectivity index (χ0v) is 34.2. The molecule has 0 N–H and O–H groups in total. The van der Waals surface area contributed by atoms with Gasteiger partial charge in [0.1, 0.15) is 0 Å². The van der Waals surface area contributed by atoms with Crippen LogP contribution in [0.3, 0.4) is 0 Å². The summed E-state index contributed by atoms with van der Waals surface area (Å²) in [6.45, 7) is 27.6. The molecule has 3 aliphatic carbocycles. The largest absolute Gasteiger partial charge is 2.00 e. The minimum Gasteiger partial charge on any atom is -0.668 e. The molecule has 0 atom stereocenters. The summed E-state index contributed by atoms with van der Waals surface area (Å²) in [7, 11) is -4.47. The Kier molecular flexibility index (Phi) is 19.3. The van der Waals surface area contributed by atoms with Crippen molar-refractivity contribution in [2.75, 3.05) is 0 Å². The molecule has 0 aromatic carbocycles. The average molecular weight is 658 g/mol. The Hall–Kier alpha value is 1.74. The van der Waals surface area contributed by atoms with Gasteiger partial charge in [-0.05, 0) is 77.0 Å². The van der Waals surface area contributed by atoms with Crippen molar-refractivity contribution in [3.63, 3.8) is 0 Å². The van der Waals surface area contributed by atoms with Gasteiger partial charge in [-0.2, -0.15) is 0 Å². The van der Waals surface area contributed by atoms with E-state index in [4.69, 9.17) is 9.30 Å². The molecule has 0 spiro atoms. The summed E-state index contributed by atoms with van der Waals surface area (Å²) in [6, 6.07) is 0. The fraction of sp³-hybridized carbons (Fsp3) is 1.00. The molecule has 3 rings (SSSR count). The summed E-state index contributed by atoms with van der Waals surface area (Å²) < 4.78 is 9.64. The molecular formula is C30H70FeN2PSi4+. The zero-order chi connectivity index (χ0) is 28.3. The number of hydrogen-bond acceptors (Lipinski definition) is 0. The molecule has 0 aliphatic heterocycles. The molecule has 0 unspecified atom stereocenters. The Labute approximate surface area is 257 Å². The molecule has 0 heterocycles. The van der Waals surface area contributed by atoms with Crippen molar-refractivity contribution >= 4 is 40.9 Å². The monoisotopic (exact) mass is 657 g/mol. The minimum absolute atomic E-state index is 0. The Morgan fingerprint density at radius 3 is 0.684 bits per heavy atom. The maximum atomic E-state index is 4.82. The van der Waals surface area contributed by atoms with Crippen LogP contribution < -0.4 is 0 Å². The van der Waals surface area contributed by atoms with Crippen LogP contribution in [0, 0.1) is 0 Å². The first kappa shape index (κ1) is 39.7. The van der Waals surface area contributed by atoms with Gasteiger partial charge in [-0.15, -0.1) is 0 Å². The summed E-state index contributed by atoms with van der Waals surface area (Å²) in [4.78, 5) is 0. The van der Waals surface area contributed by atoms with Gasteiger partial charge in [-0.1, -0.05) is 131 Å². The first-order valence-corrected chi connectivity index (χ1v) is 31.7. The number of hydrogen-bond donors (Lipinski definition) is 0. The van der Waals surface area contributed by atoms with Crippen LogP contribution >= 0.6 is 7.92 Å². The van der Waals surface area contributed by atoms with Gasteiger partial charge in [0.05, 0.1) is 17.0 Å². The van der Waals surface area contributed by atoms with Crippen LogP contribution in [0.25, 0.3) is 9.30 Å². The van der Waals surface area contributed by atoms with Crippen molar-refractivity contribution < 1.29 is 17.1 Å². The van der Waals surface area contributed by atoms with Gasteiger partial charge in [0.15, 0.2) is 0 Å².